The van der Waals surface area contributed by atoms with Crippen LogP contribution < -0.4 is 5.32 Å². The van der Waals surface area contributed by atoms with Crippen molar-refractivity contribution in [2.45, 2.75) is 58.4 Å². The number of H-pyrrole nitrogens is 1. The number of carbonyl (C=O) groups excluding carboxylic acids is 3. The molecule has 6 rings (SSSR count). The Balaban J connectivity index is 1.17. The molecule has 0 radical (unpaired) electrons. The lowest BCUT2D eigenvalue weighted by Gasteiger charge is -2.41. The molecule has 0 unspecified atom stereocenters. The van der Waals surface area contributed by atoms with Gasteiger partial charge in [0.1, 0.15) is 0 Å². The molecule has 0 aliphatic carbocycles. The number of likely N-dealkylation sites (N-methyl/N-ethyl adjacent to an activating group) is 1. The van der Waals surface area contributed by atoms with Gasteiger partial charge < -0.3 is 29.9 Å². The van der Waals surface area contributed by atoms with Crippen molar-refractivity contribution >= 4 is 35.1 Å². The third-order valence-corrected chi connectivity index (χ3v) is 10.0. The number of rotatable bonds is 4. The van der Waals surface area contributed by atoms with Crippen molar-refractivity contribution in [1.82, 2.24) is 24.6 Å². The largest absolute Gasteiger partial charge is 0.358 e. The molecular weight excluding hydrogens is 528 g/mol. The van der Waals surface area contributed by atoms with E-state index in [9.17, 15) is 14.4 Å². The highest BCUT2D eigenvalue weighted by Crippen LogP contribution is 2.38. The van der Waals surface area contributed by atoms with Crippen LogP contribution in [0.2, 0.25) is 0 Å². The summed E-state index contributed by atoms with van der Waals surface area (Å²) in [6, 6.07) is 6.98. The Morgan fingerprint density at radius 1 is 0.905 bits per heavy atom. The molecule has 2 aromatic rings. The second-order valence-corrected chi connectivity index (χ2v) is 12.6. The van der Waals surface area contributed by atoms with Crippen LogP contribution in [0.1, 0.15) is 77.0 Å². The fraction of sp³-hybridized carbons (Fsp3) is 0.545. The van der Waals surface area contributed by atoms with Crippen molar-refractivity contribution in [2.75, 3.05) is 64.7 Å². The average molecular weight is 573 g/mol. The van der Waals surface area contributed by atoms with Gasteiger partial charge in [0, 0.05) is 74.9 Å². The molecule has 4 aliphatic rings. The minimum absolute atomic E-state index is 0.0632. The number of likely N-dealkylation sites (tertiary alicyclic amines) is 2. The standard InChI is InChI=1S/C33H44N6O3/c1-21-30(34-22(2)31(21)33(42)39-17-15-36(4)16-18-39)20-28-27-19-25(5-6-29(27)35-32(28)41)24-7-11-38(12-8-24)26-9-13-37(14-10-26)23(3)40/h5-6,19-20,24,26,34H,7-18H2,1-4H3,(H,35,41). The van der Waals surface area contributed by atoms with Crippen molar-refractivity contribution < 1.29 is 14.4 Å². The molecule has 3 fully saturated rings. The Bertz CT molecular complexity index is 1400. The van der Waals surface area contributed by atoms with E-state index in [1.54, 1.807) is 6.92 Å². The number of nitrogens with zero attached hydrogens (tertiary/aromatic N) is 4. The van der Waals surface area contributed by atoms with Crippen molar-refractivity contribution in [1.29, 1.82) is 0 Å². The van der Waals surface area contributed by atoms with Gasteiger partial charge in [0.15, 0.2) is 0 Å². The molecule has 9 heteroatoms. The zero-order chi connectivity index (χ0) is 29.5. The van der Waals surface area contributed by atoms with E-state index in [0.717, 1.165) is 112 Å². The summed E-state index contributed by atoms with van der Waals surface area (Å²) in [7, 11) is 2.08. The summed E-state index contributed by atoms with van der Waals surface area (Å²) in [6.45, 7) is 12.7. The second kappa shape index (κ2) is 11.7. The van der Waals surface area contributed by atoms with Gasteiger partial charge in [0.05, 0.1) is 11.1 Å². The highest BCUT2D eigenvalue weighted by Gasteiger charge is 2.32. The average Bonchev–Trinajstić information content (AvgIpc) is 3.46. The van der Waals surface area contributed by atoms with E-state index in [1.807, 2.05) is 35.8 Å². The van der Waals surface area contributed by atoms with Crippen LogP contribution in [-0.2, 0) is 9.59 Å². The van der Waals surface area contributed by atoms with E-state index in [4.69, 9.17) is 0 Å². The molecule has 42 heavy (non-hydrogen) atoms. The number of nitrogens with one attached hydrogen (secondary N) is 2. The van der Waals surface area contributed by atoms with Crippen LogP contribution in [0.25, 0.3) is 11.6 Å². The number of aryl methyl sites for hydroxylation is 1. The van der Waals surface area contributed by atoms with Gasteiger partial charge in [-0.15, -0.1) is 0 Å². The first-order valence-electron chi connectivity index (χ1n) is 15.5. The molecule has 3 amide bonds. The highest BCUT2D eigenvalue weighted by atomic mass is 16.2. The van der Waals surface area contributed by atoms with Crippen LogP contribution in [0.4, 0.5) is 5.69 Å². The quantitative estimate of drug-likeness (QED) is 0.546. The number of aromatic nitrogens is 1. The van der Waals surface area contributed by atoms with Crippen LogP contribution in [0.15, 0.2) is 18.2 Å². The Morgan fingerprint density at radius 2 is 1.60 bits per heavy atom. The van der Waals surface area contributed by atoms with E-state index in [2.05, 4.69) is 39.3 Å². The van der Waals surface area contributed by atoms with Gasteiger partial charge >= 0.3 is 0 Å². The Kier molecular flexibility index (Phi) is 7.98. The molecule has 224 valence electrons. The predicted octanol–water partition coefficient (Wildman–Crippen LogP) is 3.70. The number of piperidine rings is 2. The summed E-state index contributed by atoms with van der Waals surface area (Å²) >= 11 is 0. The Morgan fingerprint density at radius 3 is 2.26 bits per heavy atom. The zero-order valence-corrected chi connectivity index (χ0v) is 25.5. The van der Waals surface area contributed by atoms with E-state index in [0.29, 0.717) is 17.5 Å². The highest BCUT2D eigenvalue weighted by molar-refractivity contribution is 6.35. The number of hydrogen-bond acceptors (Lipinski definition) is 5. The van der Waals surface area contributed by atoms with Crippen molar-refractivity contribution in [3.05, 3.63) is 51.8 Å². The Labute approximate surface area is 248 Å². The van der Waals surface area contributed by atoms with Gasteiger partial charge in [0.25, 0.3) is 11.8 Å². The lowest BCUT2D eigenvalue weighted by molar-refractivity contribution is -0.130. The lowest BCUT2D eigenvalue weighted by Crippen LogP contribution is -2.48. The molecule has 1 aromatic carbocycles. The van der Waals surface area contributed by atoms with Crippen LogP contribution >= 0.6 is 0 Å². The zero-order valence-electron chi connectivity index (χ0n) is 25.5. The molecule has 4 aliphatic heterocycles. The van der Waals surface area contributed by atoms with Crippen LogP contribution in [0, 0.1) is 13.8 Å². The van der Waals surface area contributed by atoms with E-state index in [1.165, 1.54) is 5.56 Å². The summed E-state index contributed by atoms with van der Waals surface area (Å²) < 4.78 is 0. The number of hydrogen-bond donors (Lipinski definition) is 2. The molecule has 5 heterocycles. The number of benzene rings is 1. The van der Waals surface area contributed by atoms with Crippen molar-refractivity contribution in [2.24, 2.45) is 0 Å². The molecule has 0 bridgehead atoms. The van der Waals surface area contributed by atoms with Gasteiger partial charge in [0.2, 0.25) is 5.91 Å². The predicted molar refractivity (Wildman–Crippen MR) is 165 cm³/mol. The number of anilines is 1. The summed E-state index contributed by atoms with van der Waals surface area (Å²) in [5.74, 6) is 0.607. The maximum atomic E-state index is 13.4. The van der Waals surface area contributed by atoms with Gasteiger partial charge in [-0.1, -0.05) is 6.07 Å². The fourth-order valence-electron chi connectivity index (χ4n) is 7.30. The first-order chi connectivity index (χ1) is 20.2. The monoisotopic (exact) mass is 572 g/mol. The van der Waals surface area contributed by atoms with E-state index < -0.39 is 0 Å². The van der Waals surface area contributed by atoms with E-state index >= 15 is 0 Å². The normalized spacial score (nSPS) is 22.1. The third kappa shape index (κ3) is 5.52. The van der Waals surface area contributed by atoms with Gasteiger partial charge in [-0.05, 0) is 94.9 Å². The first kappa shape index (κ1) is 28.7. The molecular formula is C33H44N6O3. The Hall–Kier alpha value is -3.43. The van der Waals surface area contributed by atoms with Crippen molar-refractivity contribution in [3.8, 4) is 0 Å². The second-order valence-electron chi connectivity index (χ2n) is 12.6. The summed E-state index contributed by atoms with van der Waals surface area (Å²) in [5.41, 5.74) is 6.98. The van der Waals surface area contributed by atoms with Crippen LogP contribution in [0.5, 0.6) is 0 Å². The summed E-state index contributed by atoms with van der Waals surface area (Å²) in [4.78, 5) is 50.4. The number of fused-ring (bicyclic) bond motifs is 1. The topological polar surface area (TPSA) is 92.0 Å². The maximum absolute atomic E-state index is 13.4. The van der Waals surface area contributed by atoms with Gasteiger partial charge in [-0.3, -0.25) is 14.4 Å². The third-order valence-electron chi connectivity index (χ3n) is 10.0. The van der Waals surface area contributed by atoms with Crippen LogP contribution in [-0.4, -0.2) is 108 Å². The molecule has 0 saturated carbocycles. The molecule has 9 nitrogen and oxygen atoms in total. The molecule has 2 N–H and O–H groups in total. The maximum Gasteiger partial charge on any atom is 0.256 e. The smallest absolute Gasteiger partial charge is 0.256 e. The number of carbonyl (C=O) groups is 3. The molecule has 0 atom stereocenters. The lowest BCUT2D eigenvalue weighted by atomic mass is 9.86. The number of piperazine rings is 1. The minimum atomic E-state index is -0.104. The van der Waals surface area contributed by atoms with E-state index in [-0.39, 0.29) is 17.7 Å². The first-order valence-corrected chi connectivity index (χ1v) is 15.5. The van der Waals surface area contributed by atoms with Crippen molar-refractivity contribution in [3.63, 3.8) is 0 Å². The molecule has 3 saturated heterocycles. The molecule has 0 spiro atoms. The van der Waals surface area contributed by atoms with Crippen LogP contribution in [0.3, 0.4) is 0 Å². The summed E-state index contributed by atoms with van der Waals surface area (Å²) in [5, 5.41) is 3.04. The summed E-state index contributed by atoms with van der Waals surface area (Å²) in [6.07, 6.45) is 6.23. The van der Waals surface area contributed by atoms with Gasteiger partial charge in [-0.25, -0.2) is 0 Å². The SMILES string of the molecule is CC(=O)N1CCC(N2CCC(c3ccc4c(c3)C(=Cc3[nH]c(C)c(C(=O)N5CCN(C)CC5)c3C)C(=O)N4)CC2)CC1. The van der Waals surface area contributed by atoms with Gasteiger partial charge in [-0.2, -0.15) is 0 Å². The number of aromatic amines is 1. The molecule has 1 aromatic heterocycles. The number of amides is 3. The minimum Gasteiger partial charge on any atom is -0.358 e. The fourth-order valence-corrected chi connectivity index (χ4v) is 7.30.